The number of hydrogen-bond donors (Lipinski definition) is 1. The molecule has 0 aliphatic carbocycles. The molecule has 2 aromatic rings. The summed E-state index contributed by atoms with van der Waals surface area (Å²) >= 11 is 6.18. The molecule has 1 N–H and O–H groups in total. The van der Waals surface area contributed by atoms with E-state index >= 15 is 0 Å². The minimum Gasteiger partial charge on any atom is -0.488 e. The lowest BCUT2D eigenvalue weighted by atomic mass is 10.1. The molecule has 0 bridgehead atoms. The van der Waals surface area contributed by atoms with Crippen LogP contribution in [0, 0.1) is 13.8 Å². The van der Waals surface area contributed by atoms with Crippen LogP contribution in [0.3, 0.4) is 0 Å². The van der Waals surface area contributed by atoms with Crippen LogP contribution < -0.4 is 4.74 Å². The lowest BCUT2D eigenvalue weighted by molar-refractivity contribution is 0.190. The van der Waals surface area contributed by atoms with E-state index < -0.39 is 6.10 Å². The first kappa shape index (κ1) is 14.9. The Morgan fingerprint density at radius 1 is 1.40 bits per heavy atom. The smallest absolute Gasteiger partial charge is 0.133 e. The van der Waals surface area contributed by atoms with Gasteiger partial charge in [0.15, 0.2) is 0 Å². The first-order chi connectivity index (χ1) is 9.40. The third-order valence-electron chi connectivity index (χ3n) is 3.26. The van der Waals surface area contributed by atoms with Crippen molar-refractivity contribution in [3.05, 3.63) is 45.7 Å². The summed E-state index contributed by atoms with van der Waals surface area (Å²) in [5.41, 5.74) is 3.57. The molecule has 108 valence electrons. The molecule has 0 radical (unpaired) electrons. The molecule has 0 saturated heterocycles. The second-order valence-corrected chi connectivity index (χ2v) is 5.34. The molecule has 0 aliphatic rings. The van der Waals surface area contributed by atoms with Crippen LogP contribution in [-0.4, -0.2) is 14.9 Å². The summed E-state index contributed by atoms with van der Waals surface area (Å²) in [6, 6.07) is 5.76. The van der Waals surface area contributed by atoms with E-state index in [1.54, 1.807) is 18.7 Å². The van der Waals surface area contributed by atoms with Gasteiger partial charge in [-0.05, 0) is 32.4 Å². The molecule has 0 saturated carbocycles. The first-order valence-corrected chi connectivity index (χ1v) is 6.87. The summed E-state index contributed by atoms with van der Waals surface area (Å²) in [6.45, 7) is 5.94. The van der Waals surface area contributed by atoms with Crippen molar-refractivity contribution in [3.8, 4) is 5.75 Å². The fourth-order valence-corrected chi connectivity index (χ4v) is 2.33. The summed E-state index contributed by atoms with van der Waals surface area (Å²) in [4.78, 5) is 0. The molecular formula is C15H19ClN2O2. The zero-order valence-corrected chi connectivity index (χ0v) is 12.9. The minimum absolute atomic E-state index is 0.335. The van der Waals surface area contributed by atoms with Gasteiger partial charge in [0.25, 0.3) is 0 Å². The zero-order chi connectivity index (χ0) is 14.9. The molecule has 1 aromatic carbocycles. The normalized spacial score (nSPS) is 12.5. The van der Waals surface area contributed by atoms with Gasteiger partial charge in [0.2, 0.25) is 0 Å². The number of aromatic nitrogens is 2. The molecule has 1 heterocycles. The summed E-state index contributed by atoms with van der Waals surface area (Å²) in [5, 5.41) is 14.6. The van der Waals surface area contributed by atoms with Crippen LogP contribution in [0.1, 0.15) is 35.4 Å². The number of ether oxygens (including phenoxy) is 1. The van der Waals surface area contributed by atoms with E-state index in [9.17, 15) is 5.11 Å². The zero-order valence-electron chi connectivity index (χ0n) is 12.1. The van der Waals surface area contributed by atoms with E-state index in [-0.39, 0.29) is 0 Å². The van der Waals surface area contributed by atoms with Gasteiger partial charge in [-0.3, -0.25) is 4.68 Å². The standard InChI is InChI=1S/C15H19ClN2O2/c1-9-5-6-12(11(3)19)14(7-9)20-8-13-10(2)17-18(4)15(13)16/h5-7,11,19H,8H2,1-4H3. The highest BCUT2D eigenvalue weighted by Gasteiger charge is 2.14. The minimum atomic E-state index is -0.573. The number of rotatable bonds is 4. The van der Waals surface area contributed by atoms with Crippen molar-refractivity contribution in [2.45, 2.75) is 33.5 Å². The van der Waals surface area contributed by atoms with Crippen LogP contribution in [0.15, 0.2) is 18.2 Å². The summed E-state index contributed by atoms with van der Waals surface area (Å²) in [7, 11) is 1.80. The van der Waals surface area contributed by atoms with Gasteiger partial charge in [0, 0.05) is 18.2 Å². The van der Waals surface area contributed by atoms with Gasteiger partial charge < -0.3 is 9.84 Å². The van der Waals surface area contributed by atoms with Gasteiger partial charge in [-0.1, -0.05) is 23.7 Å². The Morgan fingerprint density at radius 3 is 2.65 bits per heavy atom. The number of halogens is 1. The second-order valence-electron chi connectivity index (χ2n) is 4.98. The highest BCUT2D eigenvalue weighted by molar-refractivity contribution is 6.30. The van der Waals surface area contributed by atoms with Crippen LogP contribution in [0.4, 0.5) is 0 Å². The monoisotopic (exact) mass is 294 g/mol. The lowest BCUT2D eigenvalue weighted by Gasteiger charge is -2.14. The van der Waals surface area contributed by atoms with Gasteiger partial charge >= 0.3 is 0 Å². The number of nitrogens with zero attached hydrogens (tertiary/aromatic N) is 2. The fraction of sp³-hybridized carbons (Fsp3) is 0.400. The molecule has 1 aromatic heterocycles. The topological polar surface area (TPSA) is 47.3 Å². The number of aliphatic hydroxyl groups excluding tert-OH is 1. The van der Waals surface area contributed by atoms with Crippen LogP contribution in [0.25, 0.3) is 0 Å². The van der Waals surface area contributed by atoms with Gasteiger partial charge in [-0.25, -0.2) is 0 Å². The van der Waals surface area contributed by atoms with Crippen molar-refractivity contribution >= 4 is 11.6 Å². The molecule has 2 rings (SSSR count). The van der Waals surface area contributed by atoms with Crippen molar-refractivity contribution < 1.29 is 9.84 Å². The SMILES string of the molecule is Cc1ccc(C(C)O)c(OCc2c(C)nn(C)c2Cl)c1. The Morgan fingerprint density at radius 2 is 2.10 bits per heavy atom. The molecular weight excluding hydrogens is 276 g/mol. The molecule has 1 unspecified atom stereocenters. The Hall–Kier alpha value is -1.52. The summed E-state index contributed by atoms with van der Waals surface area (Å²) in [6.07, 6.45) is -0.573. The molecule has 5 heteroatoms. The molecule has 1 atom stereocenters. The van der Waals surface area contributed by atoms with Crippen molar-refractivity contribution in [1.29, 1.82) is 0 Å². The van der Waals surface area contributed by atoms with Gasteiger partial charge in [-0.2, -0.15) is 5.10 Å². The molecule has 0 aliphatic heterocycles. The average molecular weight is 295 g/mol. The second kappa shape index (κ2) is 5.85. The van der Waals surface area contributed by atoms with E-state index in [1.807, 2.05) is 32.0 Å². The first-order valence-electron chi connectivity index (χ1n) is 6.49. The van der Waals surface area contributed by atoms with Crippen LogP contribution in [0.5, 0.6) is 5.75 Å². The van der Waals surface area contributed by atoms with Crippen LogP contribution in [-0.2, 0) is 13.7 Å². The molecule has 0 fully saturated rings. The van der Waals surface area contributed by atoms with Crippen LogP contribution in [0.2, 0.25) is 5.15 Å². The lowest BCUT2D eigenvalue weighted by Crippen LogP contribution is -2.02. The van der Waals surface area contributed by atoms with Crippen molar-refractivity contribution in [1.82, 2.24) is 9.78 Å². The quantitative estimate of drug-likeness (QED) is 0.941. The fourth-order valence-electron chi connectivity index (χ4n) is 2.10. The van der Waals surface area contributed by atoms with Crippen molar-refractivity contribution in [2.75, 3.05) is 0 Å². The average Bonchev–Trinajstić information content (AvgIpc) is 2.61. The van der Waals surface area contributed by atoms with E-state index in [1.165, 1.54) is 0 Å². The Bertz CT molecular complexity index is 621. The largest absolute Gasteiger partial charge is 0.488 e. The number of aliphatic hydroxyl groups is 1. The van der Waals surface area contributed by atoms with Crippen molar-refractivity contribution in [2.24, 2.45) is 7.05 Å². The molecule has 0 spiro atoms. The number of aryl methyl sites for hydroxylation is 3. The summed E-state index contributed by atoms with van der Waals surface area (Å²) in [5.74, 6) is 0.680. The molecule has 20 heavy (non-hydrogen) atoms. The number of benzene rings is 1. The highest BCUT2D eigenvalue weighted by Crippen LogP contribution is 2.28. The van der Waals surface area contributed by atoms with E-state index in [0.717, 1.165) is 22.4 Å². The Labute approximate surface area is 123 Å². The third kappa shape index (κ3) is 2.97. The Kier molecular flexibility index (Phi) is 4.35. The molecule has 0 amide bonds. The maximum atomic E-state index is 9.78. The number of hydrogen-bond acceptors (Lipinski definition) is 3. The van der Waals surface area contributed by atoms with E-state index in [0.29, 0.717) is 17.5 Å². The maximum absolute atomic E-state index is 9.78. The molecule has 4 nitrogen and oxygen atoms in total. The third-order valence-corrected chi connectivity index (χ3v) is 3.73. The van der Waals surface area contributed by atoms with Crippen molar-refractivity contribution in [3.63, 3.8) is 0 Å². The maximum Gasteiger partial charge on any atom is 0.133 e. The van der Waals surface area contributed by atoms with Gasteiger partial charge in [-0.15, -0.1) is 0 Å². The highest BCUT2D eigenvalue weighted by atomic mass is 35.5. The predicted molar refractivity (Wildman–Crippen MR) is 79.1 cm³/mol. The summed E-state index contributed by atoms with van der Waals surface area (Å²) < 4.78 is 7.47. The van der Waals surface area contributed by atoms with E-state index in [2.05, 4.69) is 5.10 Å². The van der Waals surface area contributed by atoms with Gasteiger partial charge in [0.1, 0.15) is 17.5 Å². The predicted octanol–water partition coefficient (Wildman–Crippen LogP) is 3.32. The van der Waals surface area contributed by atoms with Crippen LogP contribution >= 0.6 is 11.6 Å². The Balaban J connectivity index is 2.24. The van der Waals surface area contributed by atoms with Gasteiger partial charge in [0.05, 0.1) is 11.8 Å². The van der Waals surface area contributed by atoms with E-state index in [4.69, 9.17) is 16.3 Å².